The van der Waals surface area contributed by atoms with Crippen molar-refractivity contribution in [2.45, 2.75) is 29.7 Å². The molecule has 32 heavy (non-hydrogen) atoms. The molecular formula is C21H28O9S2. The Morgan fingerprint density at radius 1 is 0.719 bits per heavy atom. The van der Waals surface area contributed by atoms with Gasteiger partial charge in [0, 0.05) is 0 Å². The second kappa shape index (κ2) is 12.4. The number of aliphatic hydroxyl groups is 1. The van der Waals surface area contributed by atoms with Crippen molar-refractivity contribution in [2.75, 3.05) is 39.6 Å². The van der Waals surface area contributed by atoms with E-state index in [-0.39, 0.29) is 42.8 Å². The second-order valence-corrected chi connectivity index (χ2v) is 10.1. The zero-order chi connectivity index (χ0) is 23.6. The van der Waals surface area contributed by atoms with Gasteiger partial charge in [-0.05, 0) is 38.1 Å². The summed E-state index contributed by atoms with van der Waals surface area (Å²) in [5, 5.41) is 9.36. The van der Waals surface area contributed by atoms with E-state index in [0.29, 0.717) is 0 Å². The lowest BCUT2D eigenvalue weighted by Gasteiger charge is -2.15. The van der Waals surface area contributed by atoms with E-state index in [1.54, 1.807) is 24.3 Å². The second-order valence-electron chi connectivity index (χ2n) is 6.94. The van der Waals surface area contributed by atoms with Crippen molar-refractivity contribution < 1.29 is 39.8 Å². The Kier molecular flexibility index (Phi) is 10.2. The van der Waals surface area contributed by atoms with E-state index in [0.717, 1.165) is 11.1 Å². The number of hydrogen-bond acceptors (Lipinski definition) is 9. The molecule has 0 fully saturated rings. The van der Waals surface area contributed by atoms with Crippen molar-refractivity contribution in [1.29, 1.82) is 0 Å². The first-order valence-electron chi connectivity index (χ1n) is 9.86. The summed E-state index contributed by atoms with van der Waals surface area (Å²) in [6.45, 7) is 3.05. The number of rotatable bonds is 14. The van der Waals surface area contributed by atoms with Crippen LogP contribution in [-0.4, -0.2) is 67.7 Å². The Morgan fingerprint density at radius 2 is 1.19 bits per heavy atom. The molecule has 0 aliphatic carbocycles. The lowest BCUT2D eigenvalue weighted by Crippen LogP contribution is -2.28. The van der Waals surface area contributed by atoms with Gasteiger partial charge in [0.1, 0.15) is 6.10 Å². The highest BCUT2D eigenvalue weighted by Gasteiger charge is 2.21. The number of hydrogen-bond donors (Lipinski definition) is 1. The molecule has 2 aromatic carbocycles. The van der Waals surface area contributed by atoms with E-state index >= 15 is 0 Å². The van der Waals surface area contributed by atoms with Gasteiger partial charge in [-0.3, -0.25) is 8.37 Å². The first-order chi connectivity index (χ1) is 15.1. The quantitative estimate of drug-likeness (QED) is 0.313. The van der Waals surface area contributed by atoms with E-state index < -0.39 is 32.9 Å². The molecule has 1 unspecified atom stereocenters. The maximum Gasteiger partial charge on any atom is 0.297 e. The molecule has 2 aromatic rings. The maximum absolute atomic E-state index is 12.2. The first kappa shape index (κ1) is 26.4. The van der Waals surface area contributed by atoms with Crippen LogP contribution in [0.25, 0.3) is 0 Å². The van der Waals surface area contributed by atoms with Crippen molar-refractivity contribution in [3.63, 3.8) is 0 Å². The third kappa shape index (κ3) is 8.58. The summed E-state index contributed by atoms with van der Waals surface area (Å²) in [4.78, 5) is 0.0625. The first-order valence-corrected chi connectivity index (χ1v) is 12.7. The van der Waals surface area contributed by atoms with Crippen LogP contribution in [0.3, 0.4) is 0 Å². The van der Waals surface area contributed by atoms with Crippen molar-refractivity contribution >= 4 is 20.2 Å². The van der Waals surface area contributed by atoms with Crippen molar-refractivity contribution in [3.05, 3.63) is 59.7 Å². The largest absolute Gasteiger partial charge is 0.394 e. The minimum atomic E-state index is -4.03. The van der Waals surface area contributed by atoms with Gasteiger partial charge in [0.05, 0.1) is 49.4 Å². The van der Waals surface area contributed by atoms with Gasteiger partial charge >= 0.3 is 0 Å². The molecule has 0 bridgehead atoms. The van der Waals surface area contributed by atoms with Crippen molar-refractivity contribution in [3.8, 4) is 0 Å². The van der Waals surface area contributed by atoms with E-state index in [9.17, 15) is 21.9 Å². The molecule has 0 aliphatic heterocycles. The van der Waals surface area contributed by atoms with Gasteiger partial charge < -0.3 is 14.6 Å². The topological polar surface area (TPSA) is 125 Å². The molecule has 1 N–H and O–H groups in total. The van der Waals surface area contributed by atoms with Crippen LogP contribution in [0.15, 0.2) is 58.3 Å². The summed E-state index contributed by atoms with van der Waals surface area (Å²) in [5.74, 6) is 0. The maximum atomic E-state index is 12.2. The van der Waals surface area contributed by atoms with Gasteiger partial charge in [-0.1, -0.05) is 35.4 Å². The fourth-order valence-corrected chi connectivity index (χ4v) is 4.41. The van der Waals surface area contributed by atoms with Crippen LogP contribution in [0.4, 0.5) is 0 Å². The van der Waals surface area contributed by atoms with Gasteiger partial charge in [-0.25, -0.2) is 0 Å². The number of benzene rings is 2. The summed E-state index contributed by atoms with van der Waals surface area (Å²) in [6.07, 6.45) is -1.07. The highest BCUT2D eigenvalue weighted by atomic mass is 32.2. The fourth-order valence-electron chi connectivity index (χ4n) is 2.46. The highest BCUT2D eigenvalue weighted by Crippen LogP contribution is 2.15. The van der Waals surface area contributed by atoms with Gasteiger partial charge in [-0.2, -0.15) is 16.8 Å². The zero-order valence-electron chi connectivity index (χ0n) is 18.0. The van der Waals surface area contributed by atoms with Crippen LogP contribution >= 0.6 is 0 Å². The fraction of sp³-hybridized carbons (Fsp3) is 0.429. The van der Waals surface area contributed by atoms with Crippen LogP contribution in [0.1, 0.15) is 11.1 Å². The average molecular weight is 489 g/mol. The molecule has 0 amide bonds. The molecular weight excluding hydrogens is 460 g/mol. The average Bonchev–Trinajstić information content (AvgIpc) is 2.75. The molecule has 0 radical (unpaired) electrons. The monoisotopic (exact) mass is 488 g/mol. The Labute approximate surface area is 189 Å². The number of aliphatic hydroxyl groups excluding tert-OH is 1. The third-order valence-corrected chi connectivity index (χ3v) is 6.93. The molecule has 0 heterocycles. The Bertz CT molecular complexity index is 1030. The van der Waals surface area contributed by atoms with Gasteiger partial charge in [0.2, 0.25) is 0 Å². The molecule has 0 aliphatic rings. The molecule has 0 saturated carbocycles. The lowest BCUT2D eigenvalue weighted by atomic mass is 10.2. The molecule has 11 heteroatoms. The standard InChI is InChI=1S/C21H28O9S2/c1-17-3-7-20(8-4-17)31(23,24)29-14-13-27-11-12-28-16-19(15-22)30-32(25,26)21-9-5-18(2)6-10-21/h3-10,19,22H,11-16H2,1-2H3. The molecule has 2 rings (SSSR count). The van der Waals surface area contributed by atoms with Crippen LogP contribution < -0.4 is 0 Å². The predicted octanol–water partition coefficient (Wildman–Crippen LogP) is 1.81. The Balaban J connectivity index is 1.64. The summed E-state index contributed by atoms with van der Waals surface area (Å²) in [5.41, 5.74) is 1.85. The molecule has 0 aromatic heterocycles. The Morgan fingerprint density at radius 3 is 1.72 bits per heavy atom. The van der Waals surface area contributed by atoms with E-state index in [2.05, 4.69) is 0 Å². The van der Waals surface area contributed by atoms with E-state index in [1.807, 2.05) is 13.8 Å². The third-order valence-electron chi connectivity index (χ3n) is 4.23. The minimum Gasteiger partial charge on any atom is -0.394 e. The van der Waals surface area contributed by atoms with Crippen LogP contribution in [0, 0.1) is 13.8 Å². The Hall–Kier alpha value is -1.86. The molecule has 178 valence electrons. The van der Waals surface area contributed by atoms with Crippen LogP contribution in [-0.2, 0) is 38.1 Å². The highest BCUT2D eigenvalue weighted by molar-refractivity contribution is 7.87. The smallest absolute Gasteiger partial charge is 0.297 e. The zero-order valence-corrected chi connectivity index (χ0v) is 19.6. The summed E-state index contributed by atoms with van der Waals surface area (Å²) in [7, 11) is -7.87. The van der Waals surface area contributed by atoms with Crippen molar-refractivity contribution in [1.82, 2.24) is 0 Å². The molecule has 0 spiro atoms. The predicted molar refractivity (Wildman–Crippen MR) is 116 cm³/mol. The van der Waals surface area contributed by atoms with Gasteiger partial charge in [0.15, 0.2) is 0 Å². The molecule has 0 saturated heterocycles. The van der Waals surface area contributed by atoms with Gasteiger partial charge in [0.25, 0.3) is 20.2 Å². The van der Waals surface area contributed by atoms with Crippen molar-refractivity contribution in [2.24, 2.45) is 0 Å². The number of aryl methyl sites for hydroxylation is 2. The van der Waals surface area contributed by atoms with Crippen LogP contribution in [0.2, 0.25) is 0 Å². The van der Waals surface area contributed by atoms with Crippen LogP contribution in [0.5, 0.6) is 0 Å². The number of ether oxygens (including phenoxy) is 2. The summed E-state index contributed by atoms with van der Waals surface area (Å²) < 4.78 is 69.0. The normalized spacial score (nSPS) is 13.2. The SMILES string of the molecule is Cc1ccc(S(=O)(=O)OCCOCCOCC(CO)OS(=O)(=O)c2ccc(C)cc2)cc1. The summed E-state index contributed by atoms with van der Waals surface area (Å²) >= 11 is 0. The minimum absolute atomic E-state index is 0.00882. The summed E-state index contributed by atoms with van der Waals surface area (Å²) in [6, 6.07) is 12.4. The van der Waals surface area contributed by atoms with Gasteiger partial charge in [-0.15, -0.1) is 0 Å². The van der Waals surface area contributed by atoms with E-state index in [4.69, 9.17) is 17.8 Å². The van der Waals surface area contributed by atoms with E-state index in [1.165, 1.54) is 24.3 Å². The lowest BCUT2D eigenvalue weighted by molar-refractivity contribution is -0.00627. The molecule has 9 nitrogen and oxygen atoms in total. The molecule has 1 atom stereocenters.